The summed E-state index contributed by atoms with van der Waals surface area (Å²) in [5, 5.41) is 3.71. The van der Waals surface area contributed by atoms with Gasteiger partial charge in [-0.3, -0.25) is 9.78 Å². The van der Waals surface area contributed by atoms with Crippen LogP contribution in [0.4, 0.5) is 11.5 Å². The molecule has 7 nitrogen and oxygen atoms in total. The van der Waals surface area contributed by atoms with E-state index < -0.39 is 11.2 Å². The molecule has 2 aromatic heterocycles. The smallest absolute Gasteiger partial charge is 0.325 e. The van der Waals surface area contributed by atoms with Crippen LogP contribution in [0.25, 0.3) is 10.9 Å². The van der Waals surface area contributed by atoms with Gasteiger partial charge in [-0.1, -0.05) is 11.6 Å². The molecule has 3 aromatic rings. The lowest BCUT2D eigenvalue weighted by Crippen LogP contribution is -2.23. The minimum Gasteiger partial charge on any atom is -0.334 e. The second-order valence-corrected chi connectivity index (χ2v) is 4.35. The predicted molar refractivity (Wildman–Crippen MR) is 75.2 cm³/mol. The van der Waals surface area contributed by atoms with Crippen molar-refractivity contribution in [1.82, 2.24) is 19.9 Å². The molecule has 0 aliphatic rings. The van der Waals surface area contributed by atoms with Crippen molar-refractivity contribution in [3.05, 3.63) is 57.1 Å². The van der Waals surface area contributed by atoms with E-state index >= 15 is 0 Å². The Morgan fingerprint density at radius 3 is 2.85 bits per heavy atom. The van der Waals surface area contributed by atoms with Crippen LogP contribution in [0.15, 0.2) is 40.3 Å². The summed E-state index contributed by atoms with van der Waals surface area (Å²) < 4.78 is 0. The van der Waals surface area contributed by atoms with E-state index in [4.69, 9.17) is 0 Å². The number of aryl methyl sites for hydroxylation is 1. The lowest BCUT2D eigenvalue weighted by molar-refractivity contribution is 1.04. The Morgan fingerprint density at radius 2 is 2.05 bits per heavy atom. The third kappa shape index (κ3) is 2.16. The van der Waals surface area contributed by atoms with Gasteiger partial charge in [-0.05, 0) is 19.1 Å². The number of rotatable bonds is 2. The molecular formula is C13H11N5O2. The van der Waals surface area contributed by atoms with Gasteiger partial charge in [-0.2, -0.15) is 0 Å². The monoisotopic (exact) mass is 269 g/mol. The molecule has 0 spiro atoms. The van der Waals surface area contributed by atoms with Crippen LogP contribution < -0.4 is 16.6 Å². The lowest BCUT2D eigenvalue weighted by atomic mass is 10.1. The fourth-order valence-corrected chi connectivity index (χ4v) is 1.90. The van der Waals surface area contributed by atoms with Crippen LogP contribution in [0, 0.1) is 6.92 Å². The van der Waals surface area contributed by atoms with Crippen molar-refractivity contribution in [2.24, 2.45) is 0 Å². The van der Waals surface area contributed by atoms with Crippen LogP contribution in [0.2, 0.25) is 0 Å². The van der Waals surface area contributed by atoms with Crippen molar-refractivity contribution in [3.63, 3.8) is 0 Å². The van der Waals surface area contributed by atoms with E-state index in [9.17, 15) is 9.59 Å². The van der Waals surface area contributed by atoms with Crippen molar-refractivity contribution >= 4 is 22.4 Å². The highest BCUT2D eigenvalue weighted by Gasteiger charge is 2.06. The van der Waals surface area contributed by atoms with Gasteiger partial charge in [0.05, 0.1) is 5.52 Å². The number of aromatic amines is 2. The van der Waals surface area contributed by atoms with E-state index in [1.54, 1.807) is 0 Å². The first kappa shape index (κ1) is 12.1. The van der Waals surface area contributed by atoms with Gasteiger partial charge in [-0.25, -0.2) is 14.8 Å². The van der Waals surface area contributed by atoms with Crippen molar-refractivity contribution in [1.29, 1.82) is 0 Å². The topological polar surface area (TPSA) is 104 Å². The second kappa shape index (κ2) is 4.61. The van der Waals surface area contributed by atoms with Crippen LogP contribution in [0.1, 0.15) is 5.56 Å². The van der Waals surface area contributed by atoms with Crippen LogP contribution in [-0.4, -0.2) is 19.9 Å². The molecular weight excluding hydrogens is 258 g/mol. The first-order valence-corrected chi connectivity index (χ1v) is 5.94. The summed E-state index contributed by atoms with van der Waals surface area (Å²) >= 11 is 0. The summed E-state index contributed by atoms with van der Waals surface area (Å²) in [7, 11) is 0. The first-order valence-electron chi connectivity index (χ1n) is 5.94. The average Bonchev–Trinajstić information content (AvgIpc) is 2.42. The highest BCUT2D eigenvalue weighted by Crippen LogP contribution is 2.22. The molecule has 0 aliphatic carbocycles. The Hall–Kier alpha value is -2.96. The molecule has 0 saturated heterocycles. The minimum atomic E-state index is -0.552. The molecule has 0 bridgehead atoms. The first-order chi connectivity index (χ1) is 9.63. The van der Waals surface area contributed by atoms with Crippen molar-refractivity contribution in [2.45, 2.75) is 6.92 Å². The van der Waals surface area contributed by atoms with E-state index in [1.165, 1.54) is 12.5 Å². The number of hydrogen-bond donors (Lipinski definition) is 3. The van der Waals surface area contributed by atoms with Gasteiger partial charge < -0.3 is 10.3 Å². The van der Waals surface area contributed by atoms with E-state index in [0.717, 1.165) is 16.5 Å². The normalized spacial score (nSPS) is 10.7. The molecule has 3 rings (SSSR count). The minimum absolute atomic E-state index is 0.214. The van der Waals surface area contributed by atoms with Gasteiger partial charge in [0.15, 0.2) is 0 Å². The third-order valence-electron chi connectivity index (χ3n) is 2.86. The molecule has 0 atom stereocenters. The molecule has 0 amide bonds. The number of anilines is 2. The van der Waals surface area contributed by atoms with E-state index in [-0.39, 0.29) is 5.69 Å². The number of benzene rings is 1. The Bertz CT molecular complexity index is 897. The predicted octanol–water partition coefficient (Wildman–Crippen LogP) is 1.06. The number of aromatic nitrogens is 4. The molecule has 2 heterocycles. The van der Waals surface area contributed by atoms with Gasteiger partial charge in [0.25, 0.3) is 5.56 Å². The Balaban J connectivity index is 2.13. The summed E-state index contributed by atoms with van der Waals surface area (Å²) in [6, 6.07) is 5.76. The Morgan fingerprint density at radius 1 is 1.20 bits per heavy atom. The lowest BCUT2D eigenvalue weighted by Gasteiger charge is -2.07. The summed E-state index contributed by atoms with van der Waals surface area (Å²) in [4.78, 5) is 35.5. The summed E-state index contributed by atoms with van der Waals surface area (Å²) in [6.07, 6.45) is 2.73. The molecule has 0 aliphatic heterocycles. The van der Waals surface area contributed by atoms with Gasteiger partial charge >= 0.3 is 5.69 Å². The number of nitrogens with one attached hydrogen (secondary N) is 3. The molecule has 3 N–H and O–H groups in total. The van der Waals surface area contributed by atoms with E-state index in [0.29, 0.717) is 5.82 Å². The maximum absolute atomic E-state index is 11.7. The molecule has 0 radical (unpaired) electrons. The Labute approximate surface area is 112 Å². The van der Waals surface area contributed by atoms with Gasteiger partial charge in [-0.15, -0.1) is 0 Å². The van der Waals surface area contributed by atoms with Gasteiger partial charge in [0.1, 0.15) is 17.8 Å². The van der Waals surface area contributed by atoms with Gasteiger partial charge in [0.2, 0.25) is 0 Å². The zero-order chi connectivity index (χ0) is 14.1. The van der Waals surface area contributed by atoms with Crippen LogP contribution >= 0.6 is 0 Å². The zero-order valence-corrected chi connectivity index (χ0v) is 10.6. The highest BCUT2D eigenvalue weighted by atomic mass is 16.2. The highest BCUT2D eigenvalue weighted by molar-refractivity contribution is 5.90. The summed E-state index contributed by atoms with van der Waals surface area (Å²) in [6.45, 7) is 1.96. The molecule has 7 heteroatoms. The molecule has 20 heavy (non-hydrogen) atoms. The molecule has 1 aromatic carbocycles. The zero-order valence-electron chi connectivity index (χ0n) is 10.6. The fourth-order valence-electron chi connectivity index (χ4n) is 1.90. The number of fused-ring (bicyclic) bond motifs is 1. The molecule has 100 valence electrons. The number of nitrogens with zero attached hydrogens (tertiary/aromatic N) is 2. The van der Waals surface area contributed by atoms with Gasteiger partial charge in [0, 0.05) is 11.6 Å². The van der Waals surface area contributed by atoms with Crippen molar-refractivity contribution < 1.29 is 0 Å². The second-order valence-electron chi connectivity index (χ2n) is 4.35. The molecule has 0 fully saturated rings. The van der Waals surface area contributed by atoms with E-state index in [2.05, 4.69) is 25.3 Å². The molecule has 0 unspecified atom stereocenters. The van der Waals surface area contributed by atoms with Crippen LogP contribution in [0.5, 0.6) is 0 Å². The standard InChI is InChI=1S/C13H11N5O2/c1-7-2-3-9-8(4-7)11(16-6-15-9)17-10-5-14-13(20)18-12(10)19/h2-6H,1H3,(H,15,16,17)(H2,14,18,19,20). The van der Waals surface area contributed by atoms with Crippen molar-refractivity contribution in [3.8, 4) is 0 Å². The van der Waals surface area contributed by atoms with Crippen LogP contribution in [0.3, 0.4) is 0 Å². The Kier molecular flexibility index (Phi) is 2.79. The third-order valence-corrected chi connectivity index (χ3v) is 2.86. The summed E-state index contributed by atoms with van der Waals surface area (Å²) in [5.74, 6) is 0.510. The summed E-state index contributed by atoms with van der Waals surface area (Å²) in [5.41, 5.74) is 0.989. The average molecular weight is 269 g/mol. The largest absolute Gasteiger partial charge is 0.334 e. The van der Waals surface area contributed by atoms with Crippen LogP contribution in [-0.2, 0) is 0 Å². The number of H-pyrrole nitrogens is 2. The maximum atomic E-state index is 11.7. The number of hydrogen-bond acceptors (Lipinski definition) is 5. The SMILES string of the molecule is Cc1ccc2ncnc(Nc3c[nH]c(=O)[nH]c3=O)c2c1. The quantitative estimate of drug-likeness (QED) is 0.645. The van der Waals surface area contributed by atoms with Crippen molar-refractivity contribution in [2.75, 3.05) is 5.32 Å². The fraction of sp³-hybridized carbons (Fsp3) is 0.0769. The maximum Gasteiger partial charge on any atom is 0.325 e. The van der Waals surface area contributed by atoms with E-state index in [1.807, 2.05) is 25.1 Å². The molecule has 0 saturated carbocycles.